The smallest absolute Gasteiger partial charge is 0.222 e. The molecule has 0 aliphatic carbocycles. The SMILES string of the molecule is Cc1cccc(CN(C)C(=O)CCc2ccccc2N)n1. The summed E-state index contributed by atoms with van der Waals surface area (Å²) >= 11 is 0. The predicted molar refractivity (Wildman–Crippen MR) is 84.6 cm³/mol. The second kappa shape index (κ2) is 6.88. The van der Waals surface area contributed by atoms with Gasteiger partial charge >= 0.3 is 0 Å². The van der Waals surface area contributed by atoms with Crippen molar-refractivity contribution >= 4 is 11.6 Å². The van der Waals surface area contributed by atoms with Crippen LogP contribution in [0.5, 0.6) is 0 Å². The highest BCUT2D eigenvalue weighted by Gasteiger charge is 2.11. The molecule has 4 nitrogen and oxygen atoms in total. The fourth-order valence-corrected chi connectivity index (χ4v) is 2.21. The number of nitrogen functional groups attached to an aromatic ring is 1. The second-order valence-corrected chi connectivity index (χ2v) is 5.22. The molecule has 1 heterocycles. The van der Waals surface area contributed by atoms with E-state index < -0.39 is 0 Å². The van der Waals surface area contributed by atoms with Gasteiger partial charge in [0, 0.05) is 24.8 Å². The van der Waals surface area contributed by atoms with Gasteiger partial charge in [-0.05, 0) is 37.1 Å². The molecule has 0 bridgehead atoms. The minimum atomic E-state index is 0.0987. The maximum atomic E-state index is 12.2. The van der Waals surface area contributed by atoms with Gasteiger partial charge in [0.1, 0.15) is 0 Å². The number of hydrogen-bond donors (Lipinski definition) is 1. The van der Waals surface area contributed by atoms with Crippen LogP contribution in [0.25, 0.3) is 0 Å². The molecule has 1 aromatic carbocycles. The van der Waals surface area contributed by atoms with Crippen LogP contribution >= 0.6 is 0 Å². The quantitative estimate of drug-likeness (QED) is 0.858. The number of pyridine rings is 1. The number of aromatic nitrogens is 1. The number of hydrogen-bond acceptors (Lipinski definition) is 3. The highest BCUT2D eigenvalue weighted by Crippen LogP contribution is 2.13. The molecule has 110 valence electrons. The molecule has 4 heteroatoms. The Hall–Kier alpha value is -2.36. The van der Waals surface area contributed by atoms with Gasteiger partial charge < -0.3 is 10.6 Å². The summed E-state index contributed by atoms with van der Waals surface area (Å²) in [6.07, 6.45) is 1.12. The van der Waals surface area contributed by atoms with Gasteiger partial charge in [0.25, 0.3) is 0 Å². The Morgan fingerprint density at radius 1 is 1.19 bits per heavy atom. The van der Waals surface area contributed by atoms with Gasteiger partial charge in [0.05, 0.1) is 12.2 Å². The first-order chi connectivity index (χ1) is 10.1. The fourth-order valence-electron chi connectivity index (χ4n) is 2.21. The molecule has 21 heavy (non-hydrogen) atoms. The number of carbonyl (C=O) groups is 1. The van der Waals surface area contributed by atoms with Gasteiger partial charge in [-0.3, -0.25) is 9.78 Å². The molecule has 2 rings (SSSR count). The number of amides is 1. The molecule has 1 amide bonds. The number of nitrogens with zero attached hydrogens (tertiary/aromatic N) is 2. The van der Waals surface area contributed by atoms with Crippen molar-refractivity contribution in [2.75, 3.05) is 12.8 Å². The van der Waals surface area contributed by atoms with Crippen LogP contribution in [0.15, 0.2) is 42.5 Å². The summed E-state index contributed by atoms with van der Waals surface area (Å²) in [7, 11) is 1.81. The highest BCUT2D eigenvalue weighted by atomic mass is 16.2. The van der Waals surface area contributed by atoms with Crippen molar-refractivity contribution in [2.45, 2.75) is 26.3 Å². The molecule has 0 fully saturated rings. The van der Waals surface area contributed by atoms with Gasteiger partial charge in [-0.15, -0.1) is 0 Å². The first kappa shape index (κ1) is 15.0. The van der Waals surface area contributed by atoms with E-state index in [2.05, 4.69) is 4.98 Å². The molecule has 0 atom stereocenters. The van der Waals surface area contributed by atoms with E-state index in [-0.39, 0.29) is 5.91 Å². The normalized spacial score (nSPS) is 10.4. The number of para-hydroxylation sites is 1. The molecule has 0 spiro atoms. The number of carbonyl (C=O) groups excluding carboxylic acids is 1. The van der Waals surface area contributed by atoms with Crippen LogP contribution in [0, 0.1) is 6.92 Å². The van der Waals surface area contributed by atoms with Crippen LogP contribution < -0.4 is 5.73 Å². The highest BCUT2D eigenvalue weighted by molar-refractivity contribution is 5.76. The molecule has 0 aliphatic rings. The third kappa shape index (κ3) is 4.31. The lowest BCUT2D eigenvalue weighted by Gasteiger charge is -2.17. The van der Waals surface area contributed by atoms with Crippen LogP contribution in [-0.4, -0.2) is 22.8 Å². The average Bonchev–Trinajstić information content (AvgIpc) is 2.46. The topological polar surface area (TPSA) is 59.2 Å². The van der Waals surface area contributed by atoms with E-state index in [0.29, 0.717) is 19.4 Å². The Bertz CT molecular complexity index is 625. The van der Waals surface area contributed by atoms with E-state index in [1.54, 1.807) is 11.9 Å². The summed E-state index contributed by atoms with van der Waals surface area (Å²) in [4.78, 5) is 18.3. The molecule has 2 N–H and O–H groups in total. The summed E-state index contributed by atoms with van der Waals surface area (Å²) in [5, 5.41) is 0. The van der Waals surface area contributed by atoms with Crippen molar-refractivity contribution in [3.05, 3.63) is 59.4 Å². The summed E-state index contributed by atoms with van der Waals surface area (Å²) in [6, 6.07) is 13.5. The van der Waals surface area contributed by atoms with Gasteiger partial charge in [-0.25, -0.2) is 0 Å². The predicted octanol–water partition coefficient (Wildman–Crippen LogP) is 2.56. The maximum Gasteiger partial charge on any atom is 0.222 e. The van der Waals surface area contributed by atoms with Gasteiger partial charge in [-0.1, -0.05) is 24.3 Å². The summed E-state index contributed by atoms with van der Waals surface area (Å²) < 4.78 is 0. The van der Waals surface area contributed by atoms with Crippen molar-refractivity contribution in [3.8, 4) is 0 Å². The lowest BCUT2D eigenvalue weighted by Crippen LogP contribution is -2.27. The Kier molecular flexibility index (Phi) is 4.93. The number of rotatable bonds is 5. The third-order valence-corrected chi connectivity index (χ3v) is 3.43. The molecule has 0 saturated carbocycles. The van der Waals surface area contributed by atoms with Crippen molar-refractivity contribution in [3.63, 3.8) is 0 Å². The van der Waals surface area contributed by atoms with Gasteiger partial charge in [0.2, 0.25) is 5.91 Å². The molecule has 0 unspecified atom stereocenters. The fraction of sp³-hybridized carbons (Fsp3) is 0.294. The first-order valence-electron chi connectivity index (χ1n) is 7.06. The lowest BCUT2D eigenvalue weighted by molar-refractivity contribution is -0.130. The Morgan fingerprint density at radius 3 is 2.67 bits per heavy atom. The molecule has 1 aromatic heterocycles. The van der Waals surface area contributed by atoms with E-state index >= 15 is 0 Å². The van der Waals surface area contributed by atoms with E-state index in [9.17, 15) is 4.79 Å². The minimum absolute atomic E-state index is 0.0987. The maximum absolute atomic E-state index is 12.2. The van der Waals surface area contributed by atoms with E-state index in [0.717, 1.165) is 22.6 Å². The van der Waals surface area contributed by atoms with Gasteiger partial charge in [0.15, 0.2) is 0 Å². The van der Waals surface area contributed by atoms with Crippen LogP contribution in [0.1, 0.15) is 23.4 Å². The van der Waals surface area contributed by atoms with E-state index in [1.165, 1.54) is 0 Å². The number of nitrogens with two attached hydrogens (primary N) is 1. The monoisotopic (exact) mass is 283 g/mol. The van der Waals surface area contributed by atoms with Crippen LogP contribution in [0.4, 0.5) is 5.69 Å². The van der Waals surface area contributed by atoms with Crippen molar-refractivity contribution < 1.29 is 4.79 Å². The summed E-state index contributed by atoms with van der Waals surface area (Å²) in [5.41, 5.74) is 9.52. The molecule has 2 aromatic rings. The molecule has 0 aliphatic heterocycles. The zero-order valence-electron chi connectivity index (χ0n) is 12.5. The summed E-state index contributed by atoms with van der Waals surface area (Å²) in [5.74, 6) is 0.0987. The average molecular weight is 283 g/mol. The molecular weight excluding hydrogens is 262 g/mol. The zero-order valence-corrected chi connectivity index (χ0v) is 12.5. The largest absolute Gasteiger partial charge is 0.399 e. The van der Waals surface area contributed by atoms with Crippen molar-refractivity contribution in [1.82, 2.24) is 9.88 Å². The third-order valence-electron chi connectivity index (χ3n) is 3.43. The number of anilines is 1. The first-order valence-corrected chi connectivity index (χ1v) is 7.06. The molecular formula is C17H21N3O. The Labute approximate surface area is 125 Å². The molecule has 0 radical (unpaired) electrons. The second-order valence-electron chi connectivity index (χ2n) is 5.22. The Balaban J connectivity index is 1.90. The Morgan fingerprint density at radius 2 is 1.95 bits per heavy atom. The molecule has 0 saturated heterocycles. The van der Waals surface area contributed by atoms with Crippen molar-refractivity contribution in [1.29, 1.82) is 0 Å². The van der Waals surface area contributed by atoms with Crippen LogP contribution in [0.2, 0.25) is 0 Å². The minimum Gasteiger partial charge on any atom is -0.399 e. The van der Waals surface area contributed by atoms with Crippen molar-refractivity contribution in [2.24, 2.45) is 0 Å². The number of benzene rings is 1. The number of aryl methyl sites for hydroxylation is 2. The van der Waals surface area contributed by atoms with Gasteiger partial charge in [-0.2, -0.15) is 0 Å². The van der Waals surface area contributed by atoms with E-state index in [1.807, 2.05) is 49.4 Å². The summed E-state index contributed by atoms with van der Waals surface area (Å²) in [6.45, 7) is 2.48. The lowest BCUT2D eigenvalue weighted by atomic mass is 10.1. The van der Waals surface area contributed by atoms with Crippen LogP contribution in [0.3, 0.4) is 0 Å². The van der Waals surface area contributed by atoms with E-state index in [4.69, 9.17) is 5.73 Å². The van der Waals surface area contributed by atoms with Crippen LogP contribution in [-0.2, 0) is 17.8 Å². The zero-order chi connectivity index (χ0) is 15.2. The standard InChI is InChI=1S/C17H21N3O/c1-13-6-5-8-15(19-13)12-20(2)17(21)11-10-14-7-3-4-9-16(14)18/h3-9H,10-12,18H2,1-2H3.